The van der Waals surface area contributed by atoms with Crippen LogP contribution in [0, 0.1) is 0 Å². The number of pyridine rings is 1. The van der Waals surface area contributed by atoms with Crippen LogP contribution in [0.3, 0.4) is 0 Å². The molecule has 0 aliphatic carbocycles. The van der Waals surface area contributed by atoms with Crippen molar-refractivity contribution in [1.29, 1.82) is 0 Å². The molecule has 0 aromatic carbocycles. The van der Waals surface area contributed by atoms with Crippen LogP contribution < -0.4 is 10.6 Å². The third kappa shape index (κ3) is 3.14. The van der Waals surface area contributed by atoms with Gasteiger partial charge in [-0.15, -0.1) is 0 Å². The van der Waals surface area contributed by atoms with Crippen LogP contribution in [-0.4, -0.2) is 24.0 Å². The number of rotatable bonds is 4. The normalized spacial score (nSPS) is 12.1. The SMILES string of the molecule is CNC(C)C(=O)NCc1ccccn1. The van der Waals surface area contributed by atoms with E-state index >= 15 is 0 Å². The van der Waals surface area contributed by atoms with E-state index in [1.54, 1.807) is 13.2 Å². The zero-order chi connectivity index (χ0) is 10.4. The van der Waals surface area contributed by atoms with Crippen LogP contribution in [-0.2, 0) is 11.3 Å². The third-order valence-electron chi connectivity index (χ3n) is 2.00. The summed E-state index contributed by atoms with van der Waals surface area (Å²) >= 11 is 0. The number of amides is 1. The minimum absolute atomic E-state index is 0.0156. The van der Waals surface area contributed by atoms with Gasteiger partial charge in [-0.3, -0.25) is 9.78 Å². The predicted molar refractivity (Wildman–Crippen MR) is 54.6 cm³/mol. The molecule has 14 heavy (non-hydrogen) atoms. The minimum atomic E-state index is -0.168. The second-order valence-electron chi connectivity index (χ2n) is 3.05. The molecular formula is C10H15N3O. The van der Waals surface area contributed by atoms with Crippen molar-refractivity contribution in [2.45, 2.75) is 19.5 Å². The van der Waals surface area contributed by atoms with Crippen molar-refractivity contribution in [3.63, 3.8) is 0 Å². The van der Waals surface area contributed by atoms with E-state index in [4.69, 9.17) is 0 Å². The summed E-state index contributed by atoms with van der Waals surface area (Å²) in [5.74, 6) is -0.0156. The average molecular weight is 193 g/mol. The van der Waals surface area contributed by atoms with Crippen molar-refractivity contribution in [2.24, 2.45) is 0 Å². The van der Waals surface area contributed by atoms with Gasteiger partial charge in [-0.1, -0.05) is 6.07 Å². The van der Waals surface area contributed by atoms with E-state index in [1.165, 1.54) is 0 Å². The molecule has 0 saturated heterocycles. The fourth-order valence-corrected chi connectivity index (χ4v) is 0.965. The van der Waals surface area contributed by atoms with Gasteiger partial charge < -0.3 is 10.6 Å². The Morgan fingerprint density at radius 2 is 2.36 bits per heavy atom. The summed E-state index contributed by atoms with van der Waals surface area (Å²) < 4.78 is 0. The zero-order valence-electron chi connectivity index (χ0n) is 8.45. The molecule has 0 saturated carbocycles. The van der Waals surface area contributed by atoms with Gasteiger partial charge >= 0.3 is 0 Å². The standard InChI is InChI=1S/C10H15N3O/c1-8(11-2)10(14)13-7-9-5-3-4-6-12-9/h3-6,8,11H,7H2,1-2H3,(H,13,14). The van der Waals surface area contributed by atoms with Crippen LogP contribution in [0.4, 0.5) is 0 Å². The number of hydrogen-bond donors (Lipinski definition) is 2. The summed E-state index contributed by atoms with van der Waals surface area (Å²) in [6.07, 6.45) is 1.71. The van der Waals surface area contributed by atoms with Crippen molar-refractivity contribution < 1.29 is 4.79 Å². The molecule has 0 aliphatic heterocycles. The van der Waals surface area contributed by atoms with E-state index in [0.717, 1.165) is 5.69 Å². The van der Waals surface area contributed by atoms with Crippen LogP contribution >= 0.6 is 0 Å². The Kier molecular flexibility index (Phi) is 4.07. The Balaban J connectivity index is 2.38. The maximum atomic E-state index is 11.3. The molecular weight excluding hydrogens is 178 g/mol. The number of likely N-dealkylation sites (N-methyl/N-ethyl adjacent to an activating group) is 1. The van der Waals surface area contributed by atoms with Gasteiger partial charge in [0, 0.05) is 6.20 Å². The van der Waals surface area contributed by atoms with Crippen molar-refractivity contribution in [1.82, 2.24) is 15.6 Å². The molecule has 4 nitrogen and oxygen atoms in total. The number of carbonyl (C=O) groups excluding carboxylic acids is 1. The maximum Gasteiger partial charge on any atom is 0.237 e. The molecule has 0 radical (unpaired) electrons. The molecule has 1 rings (SSSR count). The maximum absolute atomic E-state index is 11.3. The van der Waals surface area contributed by atoms with E-state index in [0.29, 0.717) is 6.54 Å². The van der Waals surface area contributed by atoms with E-state index in [2.05, 4.69) is 15.6 Å². The molecule has 1 atom stereocenters. The molecule has 1 heterocycles. The lowest BCUT2D eigenvalue weighted by Crippen LogP contribution is -2.40. The molecule has 76 valence electrons. The number of nitrogens with zero attached hydrogens (tertiary/aromatic N) is 1. The molecule has 0 spiro atoms. The summed E-state index contributed by atoms with van der Waals surface area (Å²) in [6, 6.07) is 5.46. The van der Waals surface area contributed by atoms with Crippen LogP contribution in [0.5, 0.6) is 0 Å². The summed E-state index contributed by atoms with van der Waals surface area (Å²) in [5.41, 5.74) is 0.865. The van der Waals surface area contributed by atoms with Gasteiger partial charge in [-0.05, 0) is 26.1 Å². The molecule has 0 fully saturated rings. The van der Waals surface area contributed by atoms with Gasteiger partial charge in [0.25, 0.3) is 0 Å². The van der Waals surface area contributed by atoms with E-state index < -0.39 is 0 Å². The fourth-order valence-electron chi connectivity index (χ4n) is 0.965. The van der Waals surface area contributed by atoms with Crippen LogP contribution in [0.1, 0.15) is 12.6 Å². The largest absolute Gasteiger partial charge is 0.349 e. The fraction of sp³-hybridized carbons (Fsp3) is 0.400. The van der Waals surface area contributed by atoms with Crippen LogP contribution in [0.15, 0.2) is 24.4 Å². The molecule has 0 bridgehead atoms. The first-order valence-electron chi connectivity index (χ1n) is 4.59. The van der Waals surface area contributed by atoms with E-state index in [1.807, 2.05) is 25.1 Å². The summed E-state index contributed by atoms with van der Waals surface area (Å²) in [7, 11) is 1.75. The number of aromatic nitrogens is 1. The van der Waals surface area contributed by atoms with Gasteiger partial charge in [0.1, 0.15) is 0 Å². The molecule has 4 heteroatoms. The Morgan fingerprint density at radius 3 is 2.93 bits per heavy atom. The second-order valence-corrected chi connectivity index (χ2v) is 3.05. The highest BCUT2D eigenvalue weighted by Crippen LogP contribution is 1.92. The lowest BCUT2D eigenvalue weighted by Gasteiger charge is -2.10. The minimum Gasteiger partial charge on any atom is -0.349 e. The van der Waals surface area contributed by atoms with Crippen LogP contribution in [0.25, 0.3) is 0 Å². The number of nitrogens with one attached hydrogen (secondary N) is 2. The Labute approximate surface area is 83.7 Å². The van der Waals surface area contributed by atoms with Gasteiger partial charge in [-0.25, -0.2) is 0 Å². The number of hydrogen-bond acceptors (Lipinski definition) is 3. The first kappa shape index (κ1) is 10.7. The van der Waals surface area contributed by atoms with Gasteiger partial charge in [0.2, 0.25) is 5.91 Å². The summed E-state index contributed by atoms with van der Waals surface area (Å²) in [6.45, 7) is 2.29. The van der Waals surface area contributed by atoms with Gasteiger partial charge in [0.15, 0.2) is 0 Å². The summed E-state index contributed by atoms with van der Waals surface area (Å²) in [5, 5.41) is 5.65. The zero-order valence-corrected chi connectivity index (χ0v) is 8.45. The molecule has 1 amide bonds. The van der Waals surface area contributed by atoms with Gasteiger partial charge in [0.05, 0.1) is 18.3 Å². The van der Waals surface area contributed by atoms with Crippen molar-refractivity contribution in [3.05, 3.63) is 30.1 Å². The number of carbonyl (C=O) groups is 1. The Hall–Kier alpha value is -1.42. The second kappa shape index (κ2) is 5.34. The highest BCUT2D eigenvalue weighted by Gasteiger charge is 2.08. The quantitative estimate of drug-likeness (QED) is 0.723. The van der Waals surface area contributed by atoms with Crippen molar-refractivity contribution in [2.75, 3.05) is 7.05 Å². The smallest absolute Gasteiger partial charge is 0.237 e. The lowest BCUT2D eigenvalue weighted by atomic mass is 10.3. The Morgan fingerprint density at radius 1 is 1.57 bits per heavy atom. The van der Waals surface area contributed by atoms with Gasteiger partial charge in [-0.2, -0.15) is 0 Å². The molecule has 2 N–H and O–H groups in total. The van der Waals surface area contributed by atoms with Crippen molar-refractivity contribution >= 4 is 5.91 Å². The van der Waals surface area contributed by atoms with Crippen molar-refractivity contribution in [3.8, 4) is 0 Å². The first-order valence-corrected chi connectivity index (χ1v) is 4.59. The third-order valence-corrected chi connectivity index (χ3v) is 2.00. The predicted octanol–water partition coefficient (Wildman–Crippen LogP) is 0.306. The average Bonchev–Trinajstić information content (AvgIpc) is 2.26. The monoisotopic (exact) mass is 193 g/mol. The highest BCUT2D eigenvalue weighted by molar-refractivity contribution is 5.81. The first-order chi connectivity index (χ1) is 6.74. The lowest BCUT2D eigenvalue weighted by molar-refractivity contribution is -0.122. The van der Waals surface area contributed by atoms with Crippen LogP contribution in [0.2, 0.25) is 0 Å². The van der Waals surface area contributed by atoms with E-state index in [-0.39, 0.29) is 11.9 Å². The molecule has 0 aliphatic rings. The molecule has 1 aromatic rings. The highest BCUT2D eigenvalue weighted by atomic mass is 16.2. The van der Waals surface area contributed by atoms with E-state index in [9.17, 15) is 4.79 Å². The molecule has 1 unspecified atom stereocenters. The summed E-state index contributed by atoms with van der Waals surface area (Å²) in [4.78, 5) is 15.4. The topological polar surface area (TPSA) is 54.0 Å². The Bertz CT molecular complexity index is 287. The molecule has 1 aromatic heterocycles.